The van der Waals surface area contributed by atoms with E-state index in [4.69, 9.17) is 12.2 Å². The zero-order chi connectivity index (χ0) is 17.4. The van der Waals surface area contributed by atoms with Crippen molar-refractivity contribution in [1.82, 2.24) is 5.32 Å². The topological polar surface area (TPSA) is 28.5 Å². The van der Waals surface area contributed by atoms with E-state index in [9.17, 15) is 0 Å². The van der Waals surface area contributed by atoms with Crippen LogP contribution in [0.25, 0.3) is 0 Å². The van der Waals surface area contributed by atoms with E-state index in [1.54, 1.807) is 4.90 Å². The van der Waals surface area contributed by atoms with Crippen molar-refractivity contribution in [2.24, 2.45) is 0 Å². The number of hydrogen-bond acceptors (Lipinski definition) is 1. The van der Waals surface area contributed by atoms with Gasteiger partial charge < -0.3 is 15.5 Å². The summed E-state index contributed by atoms with van der Waals surface area (Å²) in [7, 11) is 0. The third kappa shape index (κ3) is 5.32. The lowest BCUT2D eigenvalue weighted by Gasteiger charge is -2.27. The van der Waals surface area contributed by atoms with Crippen LogP contribution in [0.15, 0.2) is 54.6 Å². The van der Waals surface area contributed by atoms with Gasteiger partial charge in [0.15, 0.2) is 5.11 Å². The monoisotopic (exact) mass is 342 g/mol. The molecular formula is C20H28N3S+. The molecule has 0 bridgehead atoms. The van der Waals surface area contributed by atoms with Crippen molar-refractivity contribution in [1.29, 1.82) is 0 Å². The molecule has 0 spiro atoms. The van der Waals surface area contributed by atoms with Crippen LogP contribution in [0.5, 0.6) is 0 Å². The average Bonchev–Trinajstić information content (AvgIpc) is 2.61. The van der Waals surface area contributed by atoms with Crippen LogP contribution >= 0.6 is 12.2 Å². The first-order valence-electron chi connectivity index (χ1n) is 8.65. The third-order valence-corrected chi connectivity index (χ3v) is 4.63. The van der Waals surface area contributed by atoms with Crippen molar-refractivity contribution in [2.45, 2.75) is 26.8 Å². The van der Waals surface area contributed by atoms with Gasteiger partial charge in [-0.1, -0.05) is 48.0 Å². The lowest BCUT2D eigenvalue weighted by Crippen LogP contribution is -3.12. The van der Waals surface area contributed by atoms with Crippen molar-refractivity contribution in [3.63, 3.8) is 0 Å². The fourth-order valence-corrected chi connectivity index (χ4v) is 3.13. The molecule has 128 valence electrons. The van der Waals surface area contributed by atoms with Gasteiger partial charge in [0, 0.05) is 11.3 Å². The summed E-state index contributed by atoms with van der Waals surface area (Å²) in [6, 6.07) is 19.3. The Kier molecular flexibility index (Phi) is 7.22. The number of quaternary nitrogens is 1. The first-order chi connectivity index (χ1) is 11.6. The molecule has 0 aliphatic heterocycles. The van der Waals surface area contributed by atoms with Crippen molar-refractivity contribution < 1.29 is 4.90 Å². The summed E-state index contributed by atoms with van der Waals surface area (Å²) in [5, 5.41) is 7.33. The highest BCUT2D eigenvalue weighted by atomic mass is 32.1. The van der Waals surface area contributed by atoms with Crippen molar-refractivity contribution in [3.05, 3.63) is 65.7 Å². The molecule has 0 saturated carbocycles. The van der Waals surface area contributed by atoms with Gasteiger partial charge in [-0.25, -0.2) is 0 Å². The largest absolute Gasteiger partial charge is 0.356 e. The van der Waals surface area contributed by atoms with Crippen LogP contribution < -0.4 is 15.5 Å². The predicted octanol–water partition coefficient (Wildman–Crippen LogP) is 2.95. The van der Waals surface area contributed by atoms with Gasteiger partial charge in [-0.15, -0.1) is 0 Å². The summed E-state index contributed by atoms with van der Waals surface area (Å²) in [5.41, 5.74) is 3.61. The number of hydrogen-bond donors (Lipinski definition) is 3. The number of anilines is 1. The van der Waals surface area contributed by atoms with Crippen LogP contribution in [0.4, 0.5) is 5.69 Å². The molecule has 2 aromatic carbocycles. The van der Waals surface area contributed by atoms with Gasteiger partial charge in [-0.05, 0) is 45.1 Å². The quantitative estimate of drug-likeness (QED) is 0.676. The summed E-state index contributed by atoms with van der Waals surface area (Å²) in [6.45, 7) is 9.55. The van der Waals surface area contributed by atoms with E-state index in [0.717, 1.165) is 25.3 Å². The number of likely N-dealkylation sites (N-methyl/N-ethyl adjacent to an activating group) is 1. The van der Waals surface area contributed by atoms with Crippen LogP contribution in [0.2, 0.25) is 0 Å². The maximum Gasteiger partial charge on any atom is 0.171 e. The number of aryl methyl sites for hydroxylation is 1. The molecule has 0 fully saturated rings. The first kappa shape index (κ1) is 18.4. The maximum absolute atomic E-state index is 5.46. The summed E-state index contributed by atoms with van der Waals surface area (Å²) >= 11 is 5.46. The average molecular weight is 343 g/mol. The Balaban J connectivity index is 1.99. The van der Waals surface area contributed by atoms with Crippen molar-refractivity contribution >= 4 is 23.0 Å². The fourth-order valence-electron chi connectivity index (χ4n) is 2.93. The summed E-state index contributed by atoms with van der Waals surface area (Å²) < 4.78 is 0. The van der Waals surface area contributed by atoms with Gasteiger partial charge >= 0.3 is 0 Å². The Morgan fingerprint density at radius 2 is 1.62 bits per heavy atom. The summed E-state index contributed by atoms with van der Waals surface area (Å²) in [4.78, 5) is 1.55. The summed E-state index contributed by atoms with van der Waals surface area (Å²) in [5.74, 6) is 0. The molecule has 0 saturated heterocycles. The zero-order valence-electron chi connectivity index (χ0n) is 14.8. The molecule has 0 aliphatic rings. The Hall–Kier alpha value is -1.91. The van der Waals surface area contributed by atoms with Crippen LogP contribution in [-0.4, -0.2) is 24.7 Å². The SMILES string of the molecule is CC[NH+](CC)[C@@H](CNC(=S)Nc1ccc(C)cc1)c1ccccc1. The molecule has 2 aromatic rings. The molecule has 3 N–H and O–H groups in total. The second kappa shape index (κ2) is 9.40. The van der Waals surface area contributed by atoms with E-state index in [1.165, 1.54) is 11.1 Å². The molecule has 1 atom stereocenters. The first-order valence-corrected chi connectivity index (χ1v) is 9.05. The Labute approximate surface area is 151 Å². The molecule has 0 unspecified atom stereocenters. The van der Waals surface area contributed by atoms with Crippen molar-refractivity contribution in [3.8, 4) is 0 Å². The molecule has 0 radical (unpaired) electrons. The standard InChI is InChI=1S/C20H27N3S/c1-4-23(5-2)19(17-9-7-6-8-10-17)15-21-20(24)22-18-13-11-16(3)12-14-18/h6-14,19H,4-5,15H2,1-3H3,(H2,21,22,24)/p+1/t19-/m0/s1. The minimum atomic E-state index is 0.388. The second-order valence-electron chi connectivity index (χ2n) is 6.03. The Bertz CT molecular complexity index is 621. The van der Waals surface area contributed by atoms with E-state index in [0.29, 0.717) is 11.2 Å². The van der Waals surface area contributed by atoms with E-state index in [2.05, 4.69) is 73.9 Å². The Morgan fingerprint density at radius 3 is 2.21 bits per heavy atom. The molecule has 2 rings (SSSR count). The number of thiocarbonyl (C=S) groups is 1. The molecule has 0 heterocycles. The predicted molar refractivity (Wildman–Crippen MR) is 107 cm³/mol. The minimum Gasteiger partial charge on any atom is -0.356 e. The highest BCUT2D eigenvalue weighted by Gasteiger charge is 2.21. The smallest absolute Gasteiger partial charge is 0.171 e. The van der Waals surface area contributed by atoms with Gasteiger partial charge in [-0.2, -0.15) is 0 Å². The molecular weight excluding hydrogens is 314 g/mol. The molecule has 3 nitrogen and oxygen atoms in total. The lowest BCUT2D eigenvalue weighted by atomic mass is 10.1. The molecule has 24 heavy (non-hydrogen) atoms. The molecule has 0 amide bonds. The fraction of sp³-hybridized carbons (Fsp3) is 0.350. The maximum atomic E-state index is 5.46. The van der Waals surface area contributed by atoms with Gasteiger partial charge in [0.2, 0.25) is 0 Å². The van der Waals surface area contributed by atoms with E-state index >= 15 is 0 Å². The van der Waals surface area contributed by atoms with Crippen molar-refractivity contribution in [2.75, 3.05) is 25.0 Å². The number of rotatable bonds is 7. The van der Waals surface area contributed by atoms with Gasteiger partial charge in [0.1, 0.15) is 6.04 Å². The normalized spacial score (nSPS) is 12.0. The highest BCUT2D eigenvalue weighted by molar-refractivity contribution is 7.80. The van der Waals surface area contributed by atoms with Crippen LogP contribution in [-0.2, 0) is 0 Å². The van der Waals surface area contributed by atoms with E-state index in [1.807, 2.05) is 12.1 Å². The molecule has 4 heteroatoms. The Morgan fingerprint density at radius 1 is 1.00 bits per heavy atom. The van der Waals surface area contributed by atoms with Gasteiger partial charge in [-0.3, -0.25) is 0 Å². The van der Waals surface area contributed by atoms with E-state index in [-0.39, 0.29) is 0 Å². The van der Waals surface area contributed by atoms with Crippen LogP contribution in [0.1, 0.15) is 31.0 Å². The highest BCUT2D eigenvalue weighted by Crippen LogP contribution is 2.10. The number of nitrogens with one attached hydrogen (secondary N) is 3. The van der Waals surface area contributed by atoms with Gasteiger partial charge in [0.25, 0.3) is 0 Å². The zero-order valence-corrected chi connectivity index (χ0v) is 15.6. The van der Waals surface area contributed by atoms with Crippen LogP contribution in [0, 0.1) is 6.92 Å². The summed E-state index contributed by atoms with van der Waals surface area (Å²) in [6.07, 6.45) is 0. The van der Waals surface area contributed by atoms with Gasteiger partial charge in [0.05, 0.1) is 19.6 Å². The lowest BCUT2D eigenvalue weighted by molar-refractivity contribution is -0.927. The van der Waals surface area contributed by atoms with Crippen LogP contribution in [0.3, 0.4) is 0 Å². The van der Waals surface area contributed by atoms with E-state index < -0.39 is 0 Å². The molecule has 0 aromatic heterocycles. The number of benzene rings is 2. The second-order valence-corrected chi connectivity index (χ2v) is 6.44. The molecule has 0 aliphatic carbocycles. The minimum absolute atomic E-state index is 0.388. The third-order valence-electron chi connectivity index (χ3n) is 4.38.